The number of Topliss-reactive ketones (excluding diaryl/α,β-unsaturated/α-hetero) is 1. The van der Waals surface area contributed by atoms with Crippen LogP contribution >= 0.6 is 27.3 Å². The van der Waals surface area contributed by atoms with E-state index in [1.54, 1.807) is 6.07 Å². The minimum Gasteiger partial charge on any atom is -0.292 e. The molecule has 1 heterocycles. The third-order valence-electron chi connectivity index (χ3n) is 2.80. The summed E-state index contributed by atoms with van der Waals surface area (Å²) in [6, 6.07) is 3.65. The molecule has 88 valence electrons. The number of carbonyl (C=O) groups excluding carboxylic acids is 1. The van der Waals surface area contributed by atoms with E-state index in [4.69, 9.17) is 0 Å². The number of ketones is 1. The number of thiophene rings is 1. The summed E-state index contributed by atoms with van der Waals surface area (Å²) in [5, 5.41) is 0.257. The molecule has 0 radical (unpaired) electrons. The van der Waals surface area contributed by atoms with Crippen molar-refractivity contribution in [2.45, 2.75) is 30.9 Å². The van der Waals surface area contributed by atoms with Gasteiger partial charge in [0.05, 0.1) is 14.4 Å². The first kappa shape index (κ1) is 12.5. The number of carbonyl (C=O) groups is 1. The van der Waals surface area contributed by atoms with Gasteiger partial charge in [0, 0.05) is 16.0 Å². The Balaban J connectivity index is 1.94. The van der Waals surface area contributed by atoms with Crippen molar-refractivity contribution in [2.75, 3.05) is 5.75 Å². The molecule has 1 aromatic rings. The zero-order chi connectivity index (χ0) is 11.5. The van der Waals surface area contributed by atoms with Crippen LogP contribution in [-0.2, 0) is 10.8 Å². The molecule has 0 spiro atoms. The van der Waals surface area contributed by atoms with Crippen LogP contribution in [0.15, 0.2) is 15.9 Å². The molecule has 0 aromatic carbocycles. The predicted molar refractivity (Wildman–Crippen MR) is 71.6 cm³/mol. The molecule has 1 aliphatic carbocycles. The van der Waals surface area contributed by atoms with Crippen molar-refractivity contribution < 1.29 is 9.00 Å². The van der Waals surface area contributed by atoms with Gasteiger partial charge in [-0.1, -0.05) is 12.8 Å². The summed E-state index contributed by atoms with van der Waals surface area (Å²) >= 11 is 4.74. The van der Waals surface area contributed by atoms with Crippen LogP contribution in [0.2, 0.25) is 0 Å². The second kappa shape index (κ2) is 5.56. The van der Waals surface area contributed by atoms with Crippen molar-refractivity contribution in [1.82, 2.24) is 0 Å². The van der Waals surface area contributed by atoms with Crippen LogP contribution in [-0.4, -0.2) is 21.0 Å². The highest BCUT2D eigenvalue weighted by Crippen LogP contribution is 2.25. The zero-order valence-corrected chi connectivity index (χ0v) is 12.0. The van der Waals surface area contributed by atoms with Crippen LogP contribution in [0.3, 0.4) is 0 Å². The Morgan fingerprint density at radius 1 is 1.44 bits per heavy atom. The van der Waals surface area contributed by atoms with Gasteiger partial charge < -0.3 is 0 Å². The lowest BCUT2D eigenvalue weighted by Crippen LogP contribution is -2.19. The van der Waals surface area contributed by atoms with Crippen LogP contribution in [0, 0.1) is 0 Å². The van der Waals surface area contributed by atoms with E-state index in [2.05, 4.69) is 15.9 Å². The quantitative estimate of drug-likeness (QED) is 0.797. The maximum Gasteiger partial charge on any atom is 0.185 e. The molecule has 0 N–H and O–H groups in total. The lowest BCUT2D eigenvalue weighted by atomic mass is 10.3. The van der Waals surface area contributed by atoms with E-state index < -0.39 is 10.8 Å². The third kappa shape index (κ3) is 3.02. The molecule has 0 saturated heterocycles. The molecule has 16 heavy (non-hydrogen) atoms. The van der Waals surface area contributed by atoms with Crippen LogP contribution in [0.4, 0.5) is 0 Å². The van der Waals surface area contributed by atoms with Gasteiger partial charge in [-0.05, 0) is 40.9 Å². The molecule has 1 unspecified atom stereocenters. The molecular weight excluding hydrogens is 308 g/mol. The maximum absolute atomic E-state index is 11.9. The fourth-order valence-corrected chi connectivity index (χ4v) is 4.86. The van der Waals surface area contributed by atoms with Gasteiger partial charge in [-0.15, -0.1) is 11.3 Å². The van der Waals surface area contributed by atoms with Crippen molar-refractivity contribution in [2.24, 2.45) is 0 Å². The zero-order valence-electron chi connectivity index (χ0n) is 8.78. The van der Waals surface area contributed by atoms with Crippen molar-refractivity contribution in [3.05, 3.63) is 20.8 Å². The van der Waals surface area contributed by atoms with E-state index in [1.165, 1.54) is 11.3 Å². The van der Waals surface area contributed by atoms with Crippen LogP contribution < -0.4 is 0 Å². The Hall–Kier alpha value is -0.0000000000000000833. The van der Waals surface area contributed by atoms with Gasteiger partial charge in [0.1, 0.15) is 0 Å². The Labute approximate surface area is 110 Å². The number of hydrogen-bond acceptors (Lipinski definition) is 3. The molecule has 0 bridgehead atoms. The van der Waals surface area contributed by atoms with E-state index in [0.717, 1.165) is 29.5 Å². The van der Waals surface area contributed by atoms with E-state index in [0.29, 0.717) is 4.88 Å². The summed E-state index contributed by atoms with van der Waals surface area (Å²) in [6.07, 6.45) is 4.37. The van der Waals surface area contributed by atoms with Crippen molar-refractivity contribution in [3.8, 4) is 0 Å². The van der Waals surface area contributed by atoms with E-state index in [-0.39, 0.29) is 16.8 Å². The van der Waals surface area contributed by atoms with Gasteiger partial charge in [-0.2, -0.15) is 0 Å². The second-order valence-corrected chi connectivity index (χ2v) is 8.14. The fourth-order valence-electron chi connectivity index (χ4n) is 1.93. The van der Waals surface area contributed by atoms with Gasteiger partial charge in [-0.3, -0.25) is 9.00 Å². The monoisotopic (exact) mass is 320 g/mol. The molecule has 2 nitrogen and oxygen atoms in total. The second-order valence-electron chi connectivity index (χ2n) is 3.96. The topological polar surface area (TPSA) is 34.1 Å². The average molecular weight is 321 g/mol. The minimum atomic E-state index is -0.975. The Bertz CT molecular complexity index is 408. The summed E-state index contributed by atoms with van der Waals surface area (Å²) in [4.78, 5) is 12.5. The number of hydrogen-bond donors (Lipinski definition) is 0. The first-order chi connectivity index (χ1) is 7.66. The highest BCUT2D eigenvalue weighted by Gasteiger charge is 2.23. The lowest BCUT2D eigenvalue weighted by Gasteiger charge is -2.07. The number of halogens is 1. The molecule has 5 heteroatoms. The van der Waals surface area contributed by atoms with E-state index in [9.17, 15) is 9.00 Å². The summed E-state index contributed by atoms with van der Waals surface area (Å²) < 4.78 is 12.9. The molecular formula is C11H13BrO2S2. The van der Waals surface area contributed by atoms with Crippen molar-refractivity contribution >= 4 is 43.8 Å². The first-order valence-electron chi connectivity index (χ1n) is 5.32. The highest BCUT2D eigenvalue weighted by atomic mass is 79.9. The van der Waals surface area contributed by atoms with Gasteiger partial charge in [0.2, 0.25) is 0 Å². The van der Waals surface area contributed by atoms with Crippen molar-refractivity contribution in [3.63, 3.8) is 0 Å². The Morgan fingerprint density at radius 2 is 2.12 bits per heavy atom. The van der Waals surface area contributed by atoms with Crippen LogP contribution in [0.5, 0.6) is 0 Å². The fraction of sp³-hybridized carbons (Fsp3) is 0.545. The van der Waals surface area contributed by atoms with Gasteiger partial charge >= 0.3 is 0 Å². The Morgan fingerprint density at radius 3 is 2.69 bits per heavy atom. The first-order valence-corrected chi connectivity index (χ1v) is 8.31. The van der Waals surface area contributed by atoms with Gasteiger partial charge in [0.15, 0.2) is 5.78 Å². The summed E-state index contributed by atoms with van der Waals surface area (Å²) in [5.74, 6) is 0.207. The molecule has 2 rings (SSSR count). The summed E-state index contributed by atoms with van der Waals surface area (Å²) in [6.45, 7) is 0. The van der Waals surface area contributed by atoms with Crippen LogP contribution in [0.25, 0.3) is 0 Å². The molecule has 1 atom stereocenters. The molecule has 1 saturated carbocycles. The maximum atomic E-state index is 11.9. The smallest absolute Gasteiger partial charge is 0.185 e. The standard InChI is InChI=1S/C11H13BrO2S2/c12-11-6-5-10(15-11)9(13)7-16(14)8-3-1-2-4-8/h5-6,8H,1-4,7H2. The molecule has 1 aromatic heterocycles. The van der Waals surface area contributed by atoms with Crippen molar-refractivity contribution in [1.29, 1.82) is 0 Å². The van der Waals surface area contributed by atoms with E-state index in [1.807, 2.05) is 6.07 Å². The average Bonchev–Trinajstić information content (AvgIpc) is 2.87. The number of rotatable bonds is 4. The van der Waals surface area contributed by atoms with Crippen LogP contribution in [0.1, 0.15) is 35.4 Å². The third-order valence-corrected chi connectivity index (χ3v) is 6.22. The summed E-state index contributed by atoms with van der Waals surface area (Å²) in [7, 11) is -0.975. The lowest BCUT2D eigenvalue weighted by molar-refractivity contribution is 0.102. The van der Waals surface area contributed by atoms with Gasteiger partial charge in [-0.25, -0.2) is 0 Å². The Kier molecular flexibility index (Phi) is 4.33. The molecule has 0 amide bonds. The highest BCUT2D eigenvalue weighted by molar-refractivity contribution is 9.11. The predicted octanol–water partition coefficient (Wildman–Crippen LogP) is 3.38. The summed E-state index contributed by atoms with van der Waals surface area (Å²) in [5.41, 5.74) is 0. The normalized spacial score (nSPS) is 18.8. The molecule has 1 aliphatic rings. The molecule has 0 aliphatic heterocycles. The largest absolute Gasteiger partial charge is 0.292 e. The SMILES string of the molecule is O=C(CS(=O)C1CCCC1)c1ccc(Br)s1. The van der Waals surface area contributed by atoms with E-state index >= 15 is 0 Å². The molecule has 1 fully saturated rings. The minimum absolute atomic E-state index is 0.0148. The van der Waals surface area contributed by atoms with Gasteiger partial charge in [0.25, 0.3) is 0 Å².